The normalized spacial score (nSPS) is 16.8. The van der Waals surface area contributed by atoms with Crippen molar-refractivity contribution in [1.82, 2.24) is 19.9 Å². The van der Waals surface area contributed by atoms with Crippen LogP contribution in [0.4, 0.5) is 11.8 Å². The van der Waals surface area contributed by atoms with E-state index < -0.39 is 0 Å². The number of rotatable bonds is 4. The van der Waals surface area contributed by atoms with E-state index in [0.29, 0.717) is 6.54 Å². The van der Waals surface area contributed by atoms with Crippen molar-refractivity contribution < 1.29 is 0 Å². The lowest BCUT2D eigenvalue weighted by atomic mass is 10.0. The monoisotopic (exact) mass is 404 g/mol. The first-order chi connectivity index (χ1) is 14.6. The van der Waals surface area contributed by atoms with Crippen LogP contribution in [0, 0.1) is 0 Å². The molecule has 2 aliphatic heterocycles. The molecule has 2 aromatic heterocycles. The third-order valence-corrected chi connectivity index (χ3v) is 6.14. The van der Waals surface area contributed by atoms with Crippen molar-refractivity contribution in [3.05, 3.63) is 57.5 Å². The third kappa shape index (κ3) is 3.54. The van der Waals surface area contributed by atoms with Gasteiger partial charge in [-0.3, -0.25) is 14.7 Å². The van der Waals surface area contributed by atoms with E-state index in [1.54, 1.807) is 0 Å². The molecule has 0 radical (unpaired) electrons. The average molecular weight is 405 g/mol. The molecule has 0 atom stereocenters. The van der Waals surface area contributed by atoms with Crippen molar-refractivity contribution in [3.63, 3.8) is 0 Å². The van der Waals surface area contributed by atoms with Gasteiger partial charge in [0.15, 0.2) is 0 Å². The Kier molecular flexibility index (Phi) is 4.90. The summed E-state index contributed by atoms with van der Waals surface area (Å²) in [6, 6.07) is 10.5. The lowest BCUT2D eigenvalue weighted by molar-refractivity contribution is 0.240. The van der Waals surface area contributed by atoms with Crippen LogP contribution in [0.5, 0.6) is 0 Å². The molecule has 156 valence electrons. The minimum atomic E-state index is 0.0305. The molecular formula is C23H28N6O. The van der Waals surface area contributed by atoms with Gasteiger partial charge in [0.2, 0.25) is 5.95 Å². The fourth-order valence-corrected chi connectivity index (χ4v) is 4.59. The Morgan fingerprint density at radius 1 is 1.10 bits per heavy atom. The van der Waals surface area contributed by atoms with Crippen LogP contribution >= 0.6 is 0 Å². The number of aromatic nitrogens is 3. The van der Waals surface area contributed by atoms with Crippen molar-refractivity contribution >= 4 is 22.7 Å². The number of pyridine rings is 1. The van der Waals surface area contributed by atoms with Gasteiger partial charge in [0, 0.05) is 63.3 Å². The van der Waals surface area contributed by atoms with Crippen LogP contribution in [0.15, 0.2) is 35.1 Å². The first kappa shape index (κ1) is 19.1. The third-order valence-electron chi connectivity index (χ3n) is 6.14. The summed E-state index contributed by atoms with van der Waals surface area (Å²) in [6.45, 7) is 4.28. The summed E-state index contributed by atoms with van der Waals surface area (Å²) in [7, 11) is 4.07. The van der Waals surface area contributed by atoms with Crippen LogP contribution in [0.2, 0.25) is 0 Å². The molecule has 0 bridgehead atoms. The average Bonchev–Trinajstić information content (AvgIpc) is 3.28. The molecule has 5 rings (SSSR count). The zero-order valence-corrected chi connectivity index (χ0v) is 17.7. The second kappa shape index (κ2) is 7.72. The number of aromatic amines is 1. The number of anilines is 2. The number of hydrogen-bond acceptors (Lipinski definition) is 6. The number of nitrogens with one attached hydrogen (secondary N) is 1. The first-order valence-electron chi connectivity index (χ1n) is 10.7. The van der Waals surface area contributed by atoms with Crippen LogP contribution < -0.4 is 15.4 Å². The molecule has 1 saturated heterocycles. The minimum Gasteiger partial charge on any atom is -0.362 e. The van der Waals surface area contributed by atoms with Crippen molar-refractivity contribution in [1.29, 1.82) is 0 Å². The van der Waals surface area contributed by atoms with Gasteiger partial charge in [-0.1, -0.05) is 18.2 Å². The standard InChI is InChI=1S/C23H28N6O/c1-27(2)21-17(13-16-7-3-4-8-19(16)24-21)14-28-12-9-18-20(15-28)25-23(26-22(18)30)29-10-5-6-11-29/h3-4,7-8,13H,5-6,9-12,14-15H2,1-2H3,(H,25,26,30). The zero-order chi connectivity index (χ0) is 20.7. The summed E-state index contributed by atoms with van der Waals surface area (Å²) in [5, 5.41) is 1.15. The van der Waals surface area contributed by atoms with Gasteiger partial charge in [0.05, 0.1) is 11.2 Å². The van der Waals surface area contributed by atoms with Crippen LogP contribution in [-0.2, 0) is 19.5 Å². The molecule has 0 saturated carbocycles. The lowest BCUT2D eigenvalue weighted by Crippen LogP contribution is -2.36. The molecule has 1 aromatic carbocycles. The van der Waals surface area contributed by atoms with Gasteiger partial charge in [-0.15, -0.1) is 0 Å². The van der Waals surface area contributed by atoms with Gasteiger partial charge in [0.1, 0.15) is 5.82 Å². The SMILES string of the molecule is CN(C)c1nc2ccccc2cc1CN1CCc2c(nc(N3CCCC3)[nH]c2=O)C1. The van der Waals surface area contributed by atoms with E-state index in [1.807, 2.05) is 20.2 Å². The van der Waals surface area contributed by atoms with Crippen molar-refractivity contribution in [2.75, 3.05) is 43.5 Å². The fourth-order valence-electron chi connectivity index (χ4n) is 4.59. The molecule has 0 spiro atoms. The maximum Gasteiger partial charge on any atom is 0.255 e. The second-order valence-electron chi connectivity index (χ2n) is 8.53. The van der Waals surface area contributed by atoms with E-state index in [-0.39, 0.29) is 5.56 Å². The van der Waals surface area contributed by atoms with Crippen molar-refractivity contribution in [2.24, 2.45) is 0 Å². The first-order valence-corrected chi connectivity index (χ1v) is 10.7. The quantitative estimate of drug-likeness (QED) is 0.721. The number of H-pyrrole nitrogens is 1. The largest absolute Gasteiger partial charge is 0.362 e. The van der Waals surface area contributed by atoms with E-state index >= 15 is 0 Å². The van der Waals surface area contributed by atoms with Gasteiger partial charge in [0.25, 0.3) is 5.56 Å². The summed E-state index contributed by atoms with van der Waals surface area (Å²) in [6.07, 6.45) is 3.06. The molecule has 0 amide bonds. The van der Waals surface area contributed by atoms with E-state index in [2.05, 4.69) is 43.9 Å². The Hall–Kier alpha value is -2.93. The maximum absolute atomic E-state index is 12.6. The number of fused-ring (bicyclic) bond motifs is 2. The predicted molar refractivity (Wildman–Crippen MR) is 120 cm³/mol. The Morgan fingerprint density at radius 3 is 2.70 bits per heavy atom. The molecule has 7 heteroatoms. The number of para-hydroxylation sites is 1. The Balaban J connectivity index is 1.44. The molecule has 1 fully saturated rings. The van der Waals surface area contributed by atoms with Crippen molar-refractivity contribution in [2.45, 2.75) is 32.4 Å². The number of benzene rings is 1. The maximum atomic E-state index is 12.6. The molecule has 4 heterocycles. The molecule has 1 N–H and O–H groups in total. The molecule has 7 nitrogen and oxygen atoms in total. The highest BCUT2D eigenvalue weighted by Crippen LogP contribution is 2.26. The molecule has 0 unspecified atom stereocenters. The Bertz CT molecular complexity index is 1130. The highest BCUT2D eigenvalue weighted by molar-refractivity contribution is 5.81. The molecule has 3 aromatic rings. The van der Waals surface area contributed by atoms with Gasteiger partial charge in [-0.25, -0.2) is 9.97 Å². The molecule has 30 heavy (non-hydrogen) atoms. The Labute approximate surface area is 176 Å². The highest BCUT2D eigenvalue weighted by atomic mass is 16.1. The van der Waals surface area contributed by atoms with Crippen molar-refractivity contribution in [3.8, 4) is 0 Å². The summed E-state index contributed by atoms with van der Waals surface area (Å²) >= 11 is 0. The second-order valence-corrected chi connectivity index (χ2v) is 8.53. The van der Waals surface area contributed by atoms with Gasteiger partial charge in [-0.2, -0.15) is 0 Å². The van der Waals surface area contributed by atoms with E-state index in [9.17, 15) is 4.79 Å². The molecule has 0 aliphatic carbocycles. The highest BCUT2D eigenvalue weighted by Gasteiger charge is 2.24. The van der Waals surface area contributed by atoms with Crippen LogP contribution in [-0.4, -0.2) is 53.6 Å². The summed E-state index contributed by atoms with van der Waals surface area (Å²) in [5.41, 5.74) is 4.01. The van der Waals surface area contributed by atoms with Crippen LogP contribution in [0.1, 0.15) is 29.7 Å². The van der Waals surface area contributed by atoms with Gasteiger partial charge in [-0.05, 0) is 31.4 Å². The van der Waals surface area contributed by atoms with Gasteiger partial charge >= 0.3 is 0 Å². The lowest BCUT2D eigenvalue weighted by Gasteiger charge is -2.29. The van der Waals surface area contributed by atoms with E-state index in [0.717, 1.165) is 79.4 Å². The fraction of sp³-hybridized carbons (Fsp3) is 0.435. The van der Waals surface area contributed by atoms with E-state index in [1.165, 1.54) is 5.56 Å². The Morgan fingerprint density at radius 2 is 1.90 bits per heavy atom. The summed E-state index contributed by atoms with van der Waals surface area (Å²) < 4.78 is 0. The summed E-state index contributed by atoms with van der Waals surface area (Å²) in [5.74, 6) is 1.73. The predicted octanol–water partition coefficient (Wildman–Crippen LogP) is 2.54. The van der Waals surface area contributed by atoms with Crippen LogP contribution in [0.25, 0.3) is 10.9 Å². The topological polar surface area (TPSA) is 68.4 Å². The summed E-state index contributed by atoms with van der Waals surface area (Å²) in [4.78, 5) is 32.0. The van der Waals surface area contributed by atoms with E-state index in [4.69, 9.17) is 9.97 Å². The van der Waals surface area contributed by atoms with Crippen LogP contribution in [0.3, 0.4) is 0 Å². The minimum absolute atomic E-state index is 0.0305. The van der Waals surface area contributed by atoms with Gasteiger partial charge < -0.3 is 9.80 Å². The smallest absolute Gasteiger partial charge is 0.255 e. The molecule has 2 aliphatic rings. The number of hydrogen-bond donors (Lipinski definition) is 1. The number of nitrogens with zero attached hydrogens (tertiary/aromatic N) is 5. The molecular weight excluding hydrogens is 376 g/mol. The zero-order valence-electron chi connectivity index (χ0n) is 17.7.